The summed E-state index contributed by atoms with van der Waals surface area (Å²) >= 11 is 0. The number of methoxy groups -OCH3 is 1. The van der Waals surface area contributed by atoms with Crippen molar-refractivity contribution in [3.05, 3.63) is 83.2 Å². The number of rotatable bonds is 6. The molecule has 156 valence electrons. The molecule has 6 nitrogen and oxygen atoms in total. The molecule has 31 heavy (non-hydrogen) atoms. The van der Waals surface area contributed by atoms with Crippen LogP contribution in [0.15, 0.2) is 65.2 Å². The van der Waals surface area contributed by atoms with Crippen molar-refractivity contribution < 1.29 is 23.6 Å². The van der Waals surface area contributed by atoms with E-state index in [-0.39, 0.29) is 11.7 Å². The van der Waals surface area contributed by atoms with E-state index >= 15 is 0 Å². The average molecular weight is 418 g/mol. The Labute approximate surface area is 177 Å². The Bertz CT molecular complexity index is 1270. The number of halogens is 1. The summed E-state index contributed by atoms with van der Waals surface area (Å²) < 4.78 is 24.7. The normalized spacial score (nSPS) is 10.9. The predicted octanol–water partition coefficient (Wildman–Crippen LogP) is 5.36. The van der Waals surface area contributed by atoms with Crippen LogP contribution in [0, 0.1) is 12.7 Å². The maximum absolute atomic E-state index is 14.0. The highest BCUT2D eigenvalue weighted by Crippen LogP contribution is 2.31. The Hall–Kier alpha value is -3.84. The van der Waals surface area contributed by atoms with Gasteiger partial charge in [0.15, 0.2) is 0 Å². The van der Waals surface area contributed by atoms with Gasteiger partial charge in [-0.25, -0.2) is 9.18 Å². The number of hydrogen-bond acceptors (Lipinski definition) is 5. The monoisotopic (exact) mass is 418 g/mol. The summed E-state index contributed by atoms with van der Waals surface area (Å²) in [4.78, 5) is 15.3. The van der Waals surface area contributed by atoms with E-state index in [0.717, 1.165) is 33.9 Å². The van der Waals surface area contributed by atoms with Crippen molar-refractivity contribution in [2.45, 2.75) is 13.5 Å². The maximum atomic E-state index is 14.0. The van der Waals surface area contributed by atoms with E-state index in [2.05, 4.69) is 16.2 Å². The number of carboxylic acids is 1. The summed E-state index contributed by atoms with van der Waals surface area (Å²) in [7, 11) is 1.67. The van der Waals surface area contributed by atoms with Gasteiger partial charge in [0.1, 0.15) is 5.82 Å². The third-order valence-corrected chi connectivity index (χ3v) is 4.96. The van der Waals surface area contributed by atoms with Crippen molar-refractivity contribution in [2.24, 2.45) is 0 Å². The molecule has 1 N–H and O–H groups in total. The van der Waals surface area contributed by atoms with Crippen molar-refractivity contribution in [3.8, 4) is 34.0 Å². The molecule has 0 saturated heterocycles. The van der Waals surface area contributed by atoms with Gasteiger partial charge in [-0.05, 0) is 59.5 Å². The summed E-state index contributed by atoms with van der Waals surface area (Å²) in [5.41, 5.74) is 4.93. The summed E-state index contributed by atoms with van der Waals surface area (Å²) in [6.07, 6.45) is 0. The maximum Gasteiger partial charge on any atom is 0.338 e. The van der Waals surface area contributed by atoms with Crippen molar-refractivity contribution in [2.75, 3.05) is 7.11 Å². The fourth-order valence-electron chi connectivity index (χ4n) is 3.45. The minimum absolute atomic E-state index is 0.179. The van der Waals surface area contributed by atoms with E-state index < -0.39 is 17.3 Å². The number of nitrogens with zero attached hydrogens (tertiary/aromatic N) is 2. The topological polar surface area (TPSA) is 85.5 Å². The zero-order valence-electron chi connectivity index (χ0n) is 16.9. The smallest absolute Gasteiger partial charge is 0.338 e. The van der Waals surface area contributed by atoms with Crippen LogP contribution in [0.5, 0.6) is 0 Å². The number of aryl methyl sites for hydroxylation is 1. The Kier molecular flexibility index (Phi) is 5.60. The average Bonchev–Trinajstić information content (AvgIpc) is 3.24. The van der Waals surface area contributed by atoms with Crippen molar-refractivity contribution >= 4 is 5.97 Å². The highest BCUT2D eigenvalue weighted by atomic mass is 19.1. The molecule has 3 aromatic carbocycles. The minimum Gasteiger partial charge on any atom is -0.478 e. The van der Waals surface area contributed by atoms with Gasteiger partial charge in [-0.1, -0.05) is 35.5 Å². The fourth-order valence-corrected chi connectivity index (χ4v) is 3.45. The zero-order valence-corrected chi connectivity index (χ0v) is 16.9. The van der Waals surface area contributed by atoms with E-state index in [1.807, 2.05) is 43.3 Å². The largest absolute Gasteiger partial charge is 0.478 e. The lowest BCUT2D eigenvalue weighted by molar-refractivity contribution is 0.0692. The van der Waals surface area contributed by atoms with Crippen LogP contribution in [-0.2, 0) is 11.3 Å². The van der Waals surface area contributed by atoms with Gasteiger partial charge in [-0.3, -0.25) is 0 Å². The van der Waals surface area contributed by atoms with E-state index in [9.17, 15) is 9.18 Å². The molecule has 0 saturated carbocycles. The van der Waals surface area contributed by atoms with Crippen LogP contribution in [0.2, 0.25) is 0 Å². The molecule has 0 unspecified atom stereocenters. The molecule has 0 radical (unpaired) electrons. The van der Waals surface area contributed by atoms with E-state index in [0.29, 0.717) is 12.2 Å². The Morgan fingerprint density at radius 3 is 2.55 bits per heavy atom. The number of carboxylic acid groups (broad SMARTS) is 1. The first-order valence-corrected chi connectivity index (χ1v) is 9.53. The molecule has 7 heteroatoms. The Morgan fingerprint density at radius 1 is 1.06 bits per heavy atom. The number of ether oxygens (including phenoxy) is 1. The van der Waals surface area contributed by atoms with Gasteiger partial charge < -0.3 is 14.4 Å². The number of aromatic carboxylic acids is 1. The third kappa shape index (κ3) is 4.08. The number of aromatic nitrogens is 2. The molecule has 0 aliphatic rings. The first-order valence-electron chi connectivity index (χ1n) is 9.53. The second-order valence-corrected chi connectivity index (χ2v) is 7.04. The van der Waals surface area contributed by atoms with Crippen molar-refractivity contribution in [1.29, 1.82) is 0 Å². The number of hydrogen-bond donors (Lipinski definition) is 1. The molecular formula is C24H19FN2O4. The van der Waals surface area contributed by atoms with Gasteiger partial charge in [0.05, 0.1) is 12.2 Å². The molecule has 0 spiro atoms. The SMILES string of the molecule is COCc1ccccc1-c1ccc(-c2nc(-c3ccc(C(=O)O)c(F)c3)no2)cc1C. The van der Waals surface area contributed by atoms with Gasteiger partial charge >= 0.3 is 5.97 Å². The lowest BCUT2D eigenvalue weighted by Crippen LogP contribution is -2.00. The second-order valence-electron chi connectivity index (χ2n) is 7.04. The van der Waals surface area contributed by atoms with Gasteiger partial charge in [-0.2, -0.15) is 4.98 Å². The van der Waals surface area contributed by atoms with Crippen LogP contribution in [0.3, 0.4) is 0 Å². The third-order valence-electron chi connectivity index (χ3n) is 4.96. The molecule has 0 fully saturated rings. The summed E-state index contributed by atoms with van der Waals surface area (Å²) in [5.74, 6) is -1.72. The molecule has 1 heterocycles. The molecule has 0 bridgehead atoms. The number of carbonyl (C=O) groups is 1. The van der Waals surface area contributed by atoms with E-state index in [1.165, 1.54) is 12.1 Å². The summed E-state index contributed by atoms with van der Waals surface area (Å²) in [6, 6.07) is 17.6. The molecule has 4 rings (SSSR count). The zero-order chi connectivity index (χ0) is 22.0. The Balaban J connectivity index is 1.65. The van der Waals surface area contributed by atoms with Crippen LogP contribution in [-0.4, -0.2) is 28.3 Å². The molecule has 0 amide bonds. The summed E-state index contributed by atoms with van der Waals surface area (Å²) in [6.45, 7) is 2.52. The van der Waals surface area contributed by atoms with Crippen LogP contribution in [0.25, 0.3) is 34.0 Å². The highest BCUT2D eigenvalue weighted by molar-refractivity contribution is 5.88. The number of benzene rings is 3. The van der Waals surface area contributed by atoms with Crippen molar-refractivity contribution in [1.82, 2.24) is 10.1 Å². The lowest BCUT2D eigenvalue weighted by atomic mass is 9.95. The molecule has 0 aliphatic carbocycles. The van der Waals surface area contributed by atoms with Crippen molar-refractivity contribution in [3.63, 3.8) is 0 Å². The molecule has 4 aromatic rings. The van der Waals surface area contributed by atoms with Crippen LogP contribution < -0.4 is 0 Å². The van der Waals surface area contributed by atoms with E-state index in [4.69, 9.17) is 14.4 Å². The molecule has 0 aliphatic heterocycles. The van der Waals surface area contributed by atoms with Gasteiger partial charge in [-0.15, -0.1) is 0 Å². The summed E-state index contributed by atoms with van der Waals surface area (Å²) in [5, 5.41) is 12.9. The predicted molar refractivity (Wildman–Crippen MR) is 113 cm³/mol. The lowest BCUT2D eigenvalue weighted by Gasteiger charge is -2.12. The molecule has 1 aromatic heterocycles. The van der Waals surface area contributed by atoms with Crippen LogP contribution >= 0.6 is 0 Å². The van der Waals surface area contributed by atoms with Gasteiger partial charge in [0.25, 0.3) is 5.89 Å². The van der Waals surface area contributed by atoms with Crippen LogP contribution in [0.1, 0.15) is 21.5 Å². The standard InChI is InChI=1S/C24H19FN2O4/c1-14-11-16(8-9-18(14)19-6-4-3-5-17(19)13-30-2)23-26-22(27-31-23)15-7-10-20(24(28)29)21(25)12-15/h3-12H,13H2,1-2H3,(H,28,29). The quantitative estimate of drug-likeness (QED) is 0.454. The first-order chi connectivity index (χ1) is 15.0. The van der Waals surface area contributed by atoms with E-state index in [1.54, 1.807) is 7.11 Å². The van der Waals surface area contributed by atoms with Gasteiger partial charge in [0, 0.05) is 18.2 Å². The highest BCUT2D eigenvalue weighted by Gasteiger charge is 2.16. The second kappa shape index (κ2) is 8.49. The minimum atomic E-state index is -1.33. The molecular weight excluding hydrogens is 399 g/mol. The fraction of sp³-hybridized carbons (Fsp3) is 0.125. The van der Waals surface area contributed by atoms with Gasteiger partial charge in [0.2, 0.25) is 5.82 Å². The molecule has 0 atom stereocenters. The first kappa shape index (κ1) is 20.4. The Morgan fingerprint density at radius 2 is 1.84 bits per heavy atom. The van der Waals surface area contributed by atoms with Crippen LogP contribution in [0.4, 0.5) is 4.39 Å².